The molecular formula is C9H8ClNO2. The van der Waals surface area contributed by atoms with E-state index in [4.69, 9.17) is 16.3 Å². The van der Waals surface area contributed by atoms with Gasteiger partial charge in [0.1, 0.15) is 10.8 Å². The van der Waals surface area contributed by atoms with Crippen LogP contribution in [0.15, 0.2) is 17.1 Å². The third-order valence-corrected chi connectivity index (χ3v) is 1.93. The molecule has 13 heavy (non-hydrogen) atoms. The Hall–Kier alpha value is -1.31. The van der Waals surface area contributed by atoms with Crippen molar-refractivity contribution in [3.05, 3.63) is 22.7 Å². The summed E-state index contributed by atoms with van der Waals surface area (Å²) in [6.07, 6.45) is 1.44. The summed E-state index contributed by atoms with van der Waals surface area (Å²) in [5, 5.41) is 0.330. The van der Waals surface area contributed by atoms with E-state index in [1.54, 1.807) is 12.1 Å². The van der Waals surface area contributed by atoms with Crippen LogP contribution in [0.1, 0.15) is 5.56 Å². The zero-order valence-corrected chi connectivity index (χ0v) is 8.05. The maximum absolute atomic E-state index is 10.0. The van der Waals surface area contributed by atoms with E-state index in [9.17, 15) is 4.79 Å². The summed E-state index contributed by atoms with van der Waals surface area (Å²) >= 11 is 5.86. The summed E-state index contributed by atoms with van der Waals surface area (Å²) in [5.74, 6) is 0.510. The van der Waals surface area contributed by atoms with Crippen LogP contribution in [0, 0.1) is 6.92 Å². The van der Waals surface area contributed by atoms with Crippen LogP contribution in [-0.4, -0.2) is 13.2 Å². The van der Waals surface area contributed by atoms with Crippen LogP contribution in [0.2, 0.25) is 5.02 Å². The van der Waals surface area contributed by atoms with Crippen LogP contribution in [0.4, 0.5) is 5.69 Å². The second-order valence-corrected chi connectivity index (χ2v) is 2.88. The first-order valence-corrected chi connectivity index (χ1v) is 3.99. The zero-order chi connectivity index (χ0) is 9.84. The van der Waals surface area contributed by atoms with Gasteiger partial charge in [-0.15, -0.1) is 0 Å². The molecule has 1 aromatic rings. The number of nitrogens with zero attached hydrogens (tertiary/aromatic N) is 1. The molecule has 0 amide bonds. The van der Waals surface area contributed by atoms with Crippen LogP contribution in [-0.2, 0) is 4.79 Å². The first-order valence-electron chi connectivity index (χ1n) is 3.61. The molecule has 0 spiro atoms. The highest BCUT2D eigenvalue weighted by Crippen LogP contribution is 2.34. The van der Waals surface area contributed by atoms with E-state index in [0.29, 0.717) is 16.5 Å². The Bertz CT molecular complexity index is 370. The lowest BCUT2D eigenvalue weighted by atomic mass is 10.2. The molecule has 0 unspecified atom stereocenters. The molecule has 4 heteroatoms. The molecule has 1 rings (SSSR count). The standard InChI is InChI=1S/C9H8ClNO2/c1-6-3-7(11-5-12)9(10)8(4-6)13-2/h3-4H,1-2H3. The number of benzene rings is 1. The molecule has 0 aromatic heterocycles. The van der Waals surface area contributed by atoms with Crippen LogP contribution in [0.25, 0.3) is 0 Å². The Morgan fingerprint density at radius 1 is 1.54 bits per heavy atom. The van der Waals surface area contributed by atoms with Crippen LogP contribution in [0.3, 0.4) is 0 Å². The number of halogens is 1. The van der Waals surface area contributed by atoms with Gasteiger partial charge in [0.25, 0.3) is 0 Å². The highest BCUT2D eigenvalue weighted by molar-refractivity contribution is 6.34. The number of aliphatic imine (C=N–C) groups is 1. The Morgan fingerprint density at radius 3 is 2.77 bits per heavy atom. The molecular weight excluding hydrogens is 190 g/mol. The number of hydrogen-bond acceptors (Lipinski definition) is 3. The Balaban J connectivity index is 3.34. The molecule has 0 N–H and O–H groups in total. The molecule has 0 aliphatic carbocycles. The lowest BCUT2D eigenvalue weighted by Gasteiger charge is -2.05. The summed E-state index contributed by atoms with van der Waals surface area (Å²) in [4.78, 5) is 13.5. The van der Waals surface area contributed by atoms with Crippen molar-refractivity contribution in [3.8, 4) is 5.75 Å². The molecule has 0 bridgehead atoms. The Labute approximate surface area is 81.0 Å². The Morgan fingerprint density at radius 2 is 2.23 bits per heavy atom. The van der Waals surface area contributed by atoms with Crippen molar-refractivity contribution < 1.29 is 9.53 Å². The highest BCUT2D eigenvalue weighted by atomic mass is 35.5. The van der Waals surface area contributed by atoms with Crippen molar-refractivity contribution in [2.24, 2.45) is 4.99 Å². The van der Waals surface area contributed by atoms with E-state index in [-0.39, 0.29) is 0 Å². The average molecular weight is 198 g/mol. The first kappa shape index (κ1) is 9.78. The minimum Gasteiger partial charge on any atom is -0.495 e. The maximum atomic E-state index is 10.0. The number of methoxy groups -OCH3 is 1. The van der Waals surface area contributed by atoms with Gasteiger partial charge in [-0.25, -0.2) is 4.79 Å². The number of carbonyl (C=O) groups excluding carboxylic acids is 1. The summed E-state index contributed by atoms with van der Waals surface area (Å²) in [6.45, 7) is 1.86. The molecule has 0 saturated heterocycles. The molecule has 0 radical (unpaired) electrons. The zero-order valence-electron chi connectivity index (χ0n) is 7.30. The molecule has 0 atom stereocenters. The summed E-state index contributed by atoms with van der Waals surface area (Å²) < 4.78 is 4.99. The second kappa shape index (κ2) is 4.08. The van der Waals surface area contributed by atoms with Gasteiger partial charge in [-0.2, -0.15) is 4.99 Å². The summed E-state index contributed by atoms with van der Waals surface area (Å²) in [5.41, 5.74) is 1.31. The van der Waals surface area contributed by atoms with Crippen molar-refractivity contribution in [2.45, 2.75) is 6.92 Å². The van der Waals surface area contributed by atoms with Crippen molar-refractivity contribution in [3.63, 3.8) is 0 Å². The predicted octanol–water partition coefficient (Wildman–Crippen LogP) is 2.62. The monoisotopic (exact) mass is 197 g/mol. The normalized spacial score (nSPS) is 9.15. The van der Waals surface area contributed by atoms with Crippen molar-refractivity contribution >= 4 is 23.4 Å². The van der Waals surface area contributed by atoms with E-state index >= 15 is 0 Å². The molecule has 3 nitrogen and oxygen atoms in total. The third-order valence-electron chi connectivity index (χ3n) is 1.55. The molecule has 0 saturated carbocycles. The third kappa shape index (κ3) is 2.08. The Kier molecular flexibility index (Phi) is 3.07. The van der Waals surface area contributed by atoms with Crippen LogP contribution >= 0.6 is 11.6 Å². The van der Waals surface area contributed by atoms with Crippen molar-refractivity contribution in [1.82, 2.24) is 0 Å². The maximum Gasteiger partial charge on any atom is 0.240 e. The van der Waals surface area contributed by atoms with Gasteiger partial charge in [0.05, 0.1) is 12.8 Å². The number of rotatable bonds is 2. The van der Waals surface area contributed by atoms with E-state index in [0.717, 1.165) is 5.56 Å². The van der Waals surface area contributed by atoms with E-state index in [1.165, 1.54) is 13.2 Å². The smallest absolute Gasteiger partial charge is 0.240 e. The number of ether oxygens (including phenoxy) is 1. The van der Waals surface area contributed by atoms with E-state index in [2.05, 4.69) is 4.99 Å². The quantitative estimate of drug-likeness (QED) is 0.540. The van der Waals surface area contributed by atoms with E-state index in [1.807, 2.05) is 6.92 Å². The fourth-order valence-corrected chi connectivity index (χ4v) is 1.22. The van der Waals surface area contributed by atoms with Crippen LogP contribution < -0.4 is 4.74 Å². The van der Waals surface area contributed by atoms with Gasteiger partial charge in [-0.1, -0.05) is 11.6 Å². The van der Waals surface area contributed by atoms with Gasteiger partial charge in [-0.3, -0.25) is 0 Å². The molecule has 1 aromatic carbocycles. The number of hydrogen-bond donors (Lipinski definition) is 0. The largest absolute Gasteiger partial charge is 0.495 e. The van der Waals surface area contributed by atoms with Gasteiger partial charge in [-0.05, 0) is 24.6 Å². The summed E-state index contributed by atoms with van der Waals surface area (Å²) in [7, 11) is 1.51. The molecule has 68 valence electrons. The molecule has 0 fully saturated rings. The van der Waals surface area contributed by atoms with Gasteiger partial charge in [0, 0.05) is 0 Å². The fraction of sp³-hybridized carbons (Fsp3) is 0.222. The van der Waals surface area contributed by atoms with Crippen molar-refractivity contribution in [1.29, 1.82) is 0 Å². The van der Waals surface area contributed by atoms with Gasteiger partial charge >= 0.3 is 0 Å². The minimum absolute atomic E-state index is 0.330. The van der Waals surface area contributed by atoms with Crippen LogP contribution in [0.5, 0.6) is 5.75 Å². The molecule has 0 aliphatic rings. The fourth-order valence-electron chi connectivity index (χ4n) is 0.996. The minimum atomic E-state index is 0.330. The number of aryl methyl sites for hydroxylation is 1. The summed E-state index contributed by atoms with van der Waals surface area (Å²) in [6, 6.07) is 3.46. The second-order valence-electron chi connectivity index (χ2n) is 2.50. The topological polar surface area (TPSA) is 38.7 Å². The SMILES string of the molecule is COc1cc(C)cc(N=C=O)c1Cl. The predicted molar refractivity (Wildman–Crippen MR) is 50.5 cm³/mol. The molecule has 0 heterocycles. The van der Waals surface area contributed by atoms with Crippen molar-refractivity contribution in [2.75, 3.05) is 7.11 Å². The van der Waals surface area contributed by atoms with Gasteiger partial charge < -0.3 is 4.74 Å². The lowest BCUT2D eigenvalue weighted by molar-refractivity contribution is 0.415. The highest BCUT2D eigenvalue weighted by Gasteiger charge is 2.06. The first-order chi connectivity index (χ1) is 6.19. The average Bonchev–Trinajstić information content (AvgIpc) is 2.11. The number of isocyanates is 1. The van der Waals surface area contributed by atoms with Gasteiger partial charge in [0.15, 0.2) is 0 Å². The van der Waals surface area contributed by atoms with E-state index < -0.39 is 0 Å². The van der Waals surface area contributed by atoms with Gasteiger partial charge in [0.2, 0.25) is 6.08 Å². The molecule has 0 aliphatic heterocycles. The lowest BCUT2D eigenvalue weighted by Crippen LogP contribution is -1.85.